The summed E-state index contributed by atoms with van der Waals surface area (Å²) in [7, 11) is 6.23. The van der Waals surface area contributed by atoms with Crippen LogP contribution in [0, 0.1) is 6.92 Å². The summed E-state index contributed by atoms with van der Waals surface area (Å²) in [6.07, 6.45) is 0. The summed E-state index contributed by atoms with van der Waals surface area (Å²) >= 11 is 2.74. The number of carbonyl (C=O) groups is 5. The predicted molar refractivity (Wildman–Crippen MR) is 180 cm³/mol. The molecule has 3 aliphatic heterocycles. The third-order valence-electron chi connectivity index (χ3n) is 7.83. The molecule has 246 valence electrons. The van der Waals surface area contributed by atoms with E-state index >= 15 is 0 Å². The van der Waals surface area contributed by atoms with E-state index in [0.717, 1.165) is 40.8 Å². The van der Waals surface area contributed by atoms with Crippen molar-refractivity contribution in [1.82, 2.24) is 0 Å². The molecule has 14 heteroatoms. The fourth-order valence-electron chi connectivity index (χ4n) is 5.66. The van der Waals surface area contributed by atoms with Gasteiger partial charge in [-0.1, -0.05) is 46.9 Å². The molecule has 0 aromatic heterocycles. The van der Waals surface area contributed by atoms with Crippen molar-refractivity contribution in [2.24, 2.45) is 0 Å². The number of aryl methyl sites for hydroxylation is 1. The maximum absolute atomic E-state index is 14.4. The molecule has 3 aliphatic rings. The Labute approximate surface area is 284 Å². The first-order valence-corrected chi connectivity index (χ1v) is 16.5. The molecule has 0 fully saturated rings. The summed E-state index contributed by atoms with van der Waals surface area (Å²) in [6.45, 7) is 5.53. The average molecular weight is 698 g/mol. The van der Waals surface area contributed by atoms with Crippen molar-refractivity contribution in [2.75, 3.05) is 40.4 Å². The number of thioether (sulfide) groups is 3. The summed E-state index contributed by atoms with van der Waals surface area (Å²) in [4.78, 5) is 70.0. The Balaban J connectivity index is 1.87. The number of carbonyl (C=O) groups excluding carboxylic acids is 5. The average Bonchev–Trinajstić information content (AvgIpc) is 3.46. The molecular formula is C33H31NO10S3. The van der Waals surface area contributed by atoms with Gasteiger partial charge in [-0.25, -0.2) is 19.2 Å². The van der Waals surface area contributed by atoms with Gasteiger partial charge < -0.3 is 23.7 Å². The van der Waals surface area contributed by atoms with E-state index in [1.165, 1.54) is 35.5 Å². The van der Waals surface area contributed by atoms with Crippen LogP contribution in [-0.4, -0.2) is 75.0 Å². The molecule has 0 aliphatic carbocycles. The van der Waals surface area contributed by atoms with Gasteiger partial charge in [0.25, 0.3) is 5.91 Å². The van der Waals surface area contributed by atoms with Crippen LogP contribution in [-0.2, 0) is 38.1 Å². The van der Waals surface area contributed by atoms with Gasteiger partial charge in [0.05, 0.1) is 52.3 Å². The van der Waals surface area contributed by atoms with Gasteiger partial charge in [-0.05, 0) is 57.2 Å². The maximum Gasteiger partial charge on any atom is 0.345 e. The number of rotatable bonds is 6. The molecule has 0 atom stereocenters. The standard InChI is InChI=1S/C33H31NO10S3/c1-16-9-14-20-19(15-16)21-26(32(2,3)34(20)27(35)17-10-12-18(40-4)13-11-17)45-23(29(37)42-6)22(28(36)41-5)33(21)46-24(30(38)43-7)25(47-33)31(39)44-8/h9-15H,1-8H3. The number of esters is 4. The second-order valence-electron chi connectivity index (χ2n) is 10.9. The molecule has 0 radical (unpaired) electrons. The summed E-state index contributed by atoms with van der Waals surface area (Å²) in [5, 5.41) is 0. The van der Waals surface area contributed by atoms with Crippen LogP contribution in [0.25, 0.3) is 5.57 Å². The molecule has 5 rings (SSSR count). The molecule has 0 bridgehead atoms. The lowest BCUT2D eigenvalue weighted by molar-refractivity contribution is -0.138. The zero-order valence-electron chi connectivity index (χ0n) is 26.8. The predicted octanol–water partition coefficient (Wildman–Crippen LogP) is 5.23. The van der Waals surface area contributed by atoms with E-state index in [0.29, 0.717) is 33.0 Å². The number of ether oxygens (including phenoxy) is 5. The SMILES string of the molecule is COC(=O)C1=C(C(=O)OC)SC2(S1)C(C(=O)OC)=C(C(=O)OC)SC1=C2c2cc(C)ccc2N(C(=O)c2ccc(OC)cc2)C1(C)C. The molecule has 0 N–H and O–H groups in total. The minimum absolute atomic E-state index is 0.113. The van der Waals surface area contributed by atoms with Crippen LogP contribution >= 0.6 is 35.3 Å². The van der Waals surface area contributed by atoms with Crippen molar-refractivity contribution in [3.8, 4) is 5.75 Å². The van der Waals surface area contributed by atoms with Crippen molar-refractivity contribution in [1.29, 1.82) is 0 Å². The smallest absolute Gasteiger partial charge is 0.345 e. The first-order valence-electron chi connectivity index (χ1n) is 14.0. The molecule has 3 heterocycles. The number of hydrogen-bond donors (Lipinski definition) is 0. The number of benzene rings is 2. The normalized spacial score (nSPS) is 17.6. The molecule has 0 unspecified atom stereocenters. The van der Waals surface area contributed by atoms with E-state index in [9.17, 15) is 24.0 Å². The lowest BCUT2D eigenvalue weighted by atomic mass is 9.82. The molecule has 1 spiro atoms. The first-order chi connectivity index (χ1) is 22.3. The molecule has 2 aromatic rings. The Kier molecular flexibility index (Phi) is 9.32. The number of fused-ring (bicyclic) bond motifs is 3. The Bertz CT molecular complexity index is 1800. The highest BCUT2D eigenvalue weighted by Crippen LogP contribution is 2.71. The minimum atomic E-state index is -1.65. The first kappa shape index (κ1) is 34.2. The Morgan fingerprint density at radius 3 is 1.74 bits per heavy atom. The van der Waals surface area contributed by atoms with Crippen LogP contribution in [0.5, 0.6) is 5.75 Å². The molecule has 47 heavy (non-hydrogen) atoms. The van der Waals surface area contributed by atoms with E-state index in [2.05, 4.69) is 0 Å². The highest BCUT2D eigenvalue weighted by molar-refractivity contribution is 8.26. The Hall–Kier alpha value is -4.14. The molecule has 2 aromatic carbocycles. The van der Waals surface area contributed by atoms with Gasteiger partial charge in [0.1, 0.15) is 24.5 Å². The van der Waals surface area contributed by atoms with Crippen molar-refractivity contribution < 1.29 is 47.7 Å². The van der Waals surface area contributed by atoms with Gasteiger partial charge in [-0.3, -0.25) is 9.69 Å². The van der Waals surface area contributed by atoms with E-state index < -0.39 is 33.5 Å². The summed E-state index contributed by atoms with van der Waals surface area (Å²) in [5.41, 5.74) is 1.49. The highest BCUT2D eigenvalue weighted by Gasteiger charge is 2.61. The van der Waals surface area contributed by atoms with Gasteiger partial charge in [-0.15, -0.1) is 0 Å². The lowest BCUT2D eigenvalue weighted by Gasteiger charge is -2.50. The monoisotopic (exact) mass is 697 g/mol. The molecule has 1 amide bonds. The fourth-order valence-corrected chi connectivity index (χ4v) is 10.7. The van der Waals surface area contributed by atoms with Gasteiger partial charge in [-0.2, -0.15) is 0 Å². The van der Waals surface area contributed by atoms with Gasteiger partial charge >= 0.3 is 23.9 Å². The Morgan fingerprint density at radius 1 is 0.702 bits per heavy atom. The van der Waals surface area contributed by atoms with Gasteiger partial charge in [0, 0.05) is 21.6 Å². The van der Waals surface area contributed by atoms with E-state index in [-0.39, 0.29) is 26.2 Å². The van der Waals surface area contributed by atoms with E-state index in [1.54, 1.807) is 29.2 Å². The number of amides is 1. The van der Waals surface area contributed by atoms with Gasteiger partial charge in [0.15, 0.2) is 0 Å². The summed E-state index contributed by atoms with van der Waals surface area (Å²) < 4.78 is 24.1. The zero-order valence-corrected chi connectivity index (χ0v) is 29.2. The summed E-state index contributed by atoms with van der Waals surface area (Å²) in [5.74, 6) is -3.13. The van der Waals surface area contributed by atoms with E-state index in [4.69, 9.17) is 23.7 Å². The van der Waals surface area contributed by atoms with Crippen molar-refractivity contribution >= 4 is 76.3 Å². The molecule has 0 saturated heterocycles. The molecule has 11 nitrogen and oxygen atoms in total. The van der Waals surface area contributed by atoms with Crippen LogP contribution in [0.15, 0.2) is 67.7 Å². The quantitative estimate of drug-likeness (QED) is 0.288. The number of methoxy groups -OCH3 is 5. The Morgan fingerprint density at radius 2 is 1.23 bits per heavy atom. The minimum Gasteiger partial charge on any atom is -0.497 e. The van der Waals surface area contributed by atoms with Crippen molar-refractivity contribution in [2.45, 2.75) is 30.4 Å². The van der Waals surface area contributed by atoms with Crippen LogP contribution in [0.4, 0.5) is 5.69 Å². The fraction of sp³-hybridized carbons (Fsp3) is 0.303. The van der Waals surface area contributed by atoms with Crippen LogP contribution in [0.1, 0.15) is 35.3 Å². The third-order valence-corrected chi connectivity index (χ3v) is 12.5. The van der Waals surface area contributed by atoms with Crippen LogP contribution in [0.3, 0.4) is 0 Å². The number of nitrogens with zero attached hydrogens (tertiary/aromatic N) is 1. The summed E-state index contributed by atoms with van der Waals surface area (Å²) in [6, 6.07) is 12.2. The van der Waals surface area contributed by atoms with Crippen molar-refractivity contribution in [3.05, 3.63) is 84.3 Å². The maximum atomic E-state index is 14.4. The van der Waals surface area contributed by atoms with E-state index in [1.807, 2.05) is 39.0 Å². The lowest BCUT2D eigenvalue weighted by Crippen LogP contribution is -2.53. The van der Waals surface area contributed by atoms with Crippen LogP contribution < -0.4 is 9.64 Å². The van der Waals surface area contributed by atoms with Crippen LogP contribution in [0.2, 0.25) is 0 Å². The number of hydrogen-bond acceptors (Lipinski definition) is 13. The second-order valence-corrected chi connectivity index (χ2v) is 14.6. The van der Waals surface area contributed by atoms with Gasteiger partial charge in [0.2, 0.25) is 0 Å². The molecule has 0 saturated carbocycles. The third kappa shape index (κ3) is 5.41. The number of anilines is 1. The zero-order chi connectivity index (χ0) is 34.4. The largest absolute Gasteiger partial charge is 0.497 e. The highest BCUT2D eigenvalue weighted by atomic mass is 32.2. The molecular weight excluding hydrogens is 667 g/mol. The van der Waals surface area contributed by atoms with Crippen molar-refractivity contribution in [3.63, 3.8) is 0 Å². The second kappa shape index (κ2) is 12.8. The topological polar surface area (TPSA) is 135 Å².